The van der Waals surface area contributed by atoms with Crippen molar-refractivity contribution in [3.63, 3.8) is 0 Å². The number of benzene rings is 2. The Bertz CT molecular complexity index is 747. The Hall–Kier alpha value is -2.12. The zero-order valence-corrected chi connectivity index (χ0v) is 10.7. The van der Waals surface area contributed by atoms with Crippen LogP contribution in [0.15, 0.2) is 47.4 Å². The summed E-state index contributed by atoms with van der Waals surface area (Å²) in [6.07, 6.45) is 0. The van der Waals surface area contributed by atoms with Crippen LogP contribution in [0.4, 0.5) is 8.78 Å². The predicted molar refractivity (Wildman–Crippen MR) is 66.0 cm³/mol. The van der Waals surface area contributed by atoms with Crippen molar-refractivity contribution in [1.82, 2.24) is 0 Å². The Kier molecular flexibility index (Phi) is 3.65. The van der Waals surface area contributed by atoms with Crippen LogP contribution in [-0.4, -0.2) is 18.8 Å². The molecule has 0 aliphatic carbocycles. The lowest BCUT2D eigenvalue weighted by molar-refractivity contribution is 0.103. The first-order chi connectivity index (χ1) is 9.27. The molecule has 0 aliphatic rings. The second-order valence-electron chi connectivity index (χ2n) is 3.99. The van der Waals surface area contributed by atoms with E-state index in [9.17, 15) is 22.0 Å². The normalized spacial score (nSPS) is 11.3. The zero-order chi connectivity index (χ0) is 14.9. The molecule has 0 saturated carbocycles. The maximum Gasteiger partial charge on any atom is 0.294 e. The van der Waals surface area contributed by atoms with E-state index >= 15 is 0 Å². The van der Waals surface area contributed by atoms with Gasteiger partial charge in [0.1, 0.15) is 11.6 Å². The highest BCUT2D eigenvalue weighted by Gasteiger charge is 2.14. The van der Waals surface area contributed by atoms with Gasteiger partial charge in [0.05, 0.1) is 4.90 Å². The standard InChI is InChI=1S/C13H8F2O4S/c14-10-5-9(6-11(15)7-10)13(16)8-1-3-12(4-2-8)20(17,18)19/h1-7H,(H,17,18,19). The molecule has 7 heteroatoms. The summed E-state index contributed by atoms with van der Waals surface area (Å²) in [6, 6.07) is 6.74. The highest BCUT2D eigenvalue weighted by molar-refractivity contribution is 7.85. The van der Waals surface area contributed by atoms with Gasteiger partial charge in [-0.05, 0) is 36.4 Å². The molecule has 2 aromatic rings. The van der Waals surface area contributed by atoms with Crippen molar-refractivity contribution >= 4 is 15.9 Å². The molecule has 4 nitrogen and oxygen atoms in total. The smallest absolute Gasteiger partial charge is 0.289 e. The summed E-state index contributed by atoms with van der Waals surface area (Å²) in [6.45, 7) is 0. The van der Waals surface area contributed by atoms with E-state index in [0.717, 1.165) is 36.4 Å². The van der Waals surface area contributed by atoms with E-state index in [1.807, 2.05) is 0 Å². The van der Waals surface area contributed by atoms with Crippen molar-refractivity contribution in [3.8, 4) is 0 Å². The third kappa shape index (κ3) is 3.06. The maximum absolute atomic E-state index is 13.0. The number of halogens is 2. The van der Waals surface area contributed by atoms with E-state index in [1.54, 1.807) is 0 Å². The molecule has 0 bridgehead atoms. The number of hydrogen-bond acceptors (Lipinski definition) is 3. The third-order valence-corrected chi connectivity index (χ3v) is 3.41. The summed E-state index contributed by atoms with van der Waals surface area (Å²) < 4.78 is 56.5. The van der Waals surface area contributed by atoms with Crippen molar-refractivity contribution in [3.05, 3.63) is 65.2 Å². The summed E-state index contributed by atoms with van der Waals surface area (Å²) in [5.74, 6) is -2.43. The number of hydrogen-bond donors (Lipinski definition) is 1. The number of carbonyl (C=O) groups is 1. The Morgan fingerprint density at radius 1 is 0.900 bits per heavy atom. The molecule has 0 spiro atoms. The fourth-order valence-electron chi connectivity index (χ4n) is 1.63. The summed E-state index contributed by atoms with van der Waals surface area (Å²) in [5.41, 5.74) is -0.149. The average molecular weight is 298 g/mol. The molecule has 1 N–H and O–H groups in total. The predicted octanol–water partition coefficient (Wildman–Crippen LogP) is 2.44. The lowest BCUT2D eigenvalue weighted by Gasteiger charge is -2.03. The second kappa shape index (κ2) is 5.10. The van der Waals surface area contributed by atoms with Gasteiger partial charge in [0.2, 0.25) is 0 Å². The summed E-state index contributed by atoms with van der Waals surface area (Å²) >= 11 is 0. The van der Waals surface area contributed by atoms with Crippen LogP contribution in [0, 0.1) is 11.6 Å². The van der Waals surface area contributed by atoms with Gasteiger partial charge in [0, 0.05) is 17.2 Å². The molecular formula is C13H8F2O4S. The zero-order valence-electron chi connectivity index (χ0n) is 9.88. The van der Waals surface area contributed by atoms with Crippen LogP contribution in [-0.2, 0) is 10.1 Å². The minimum absolute atomic E-state index is 0.0439. The van der Waals surface area contributed by atoms with Gasteiger partial charge in [0.15, 0.2) is 5.78 Å². The number of rotatable bonds is 3. The van der Waals surface area contributed by atoms with Crippen LogP contribution < -0.4 is 0 Å². The fourth-order valence-corrected chi connectivity index (χ4v) is 2.11. The minimum Gasteiger partial charge on any atom is -0.289 e. The van der Waals surface area contributed by atoms with E-state index in [4.69, 9.17) is 4.55 Å². The average Bonchev–Trinajstić information content (AvgIpc) is 2.36. The maximum atomic E-state index is 13.0. The largest absolute Gasteiger partial charge is 0.294 e. The fraction of sp³-hybridized carbons (Fsp3) is 0. The summed E-state index contributed by atoms with van der Waals surface area (Å²) in [5, 5.41) is 0. The van der Waals surface area contributed by atoms with Gasteiger partial charge < -0.3 is 0 Å². The molecular weight excluding hydrogens is 290 g/mol. The Labute approximate surface area is 113 Å². The monoisotopic (exact) mass is 298 g/mol. The summed E-state index contributed by atoms with van der Waals surface area (Å²) in [7, 11) is -4.35. The van der Waals surface area contributed by atoms with Crippen LogP contribution in [0.5, 0.6) is 0 Å². The van der Waals surface area contributed by atoms with E-state index in [0.29, 0.717) is 6.07 Å². The Morgan fingerprint density at radius 2 is 1.40 bits per heavy atom. The molecule has 0 amide bonds. The lowest BCUT2D eigenvalue weighted by atomic mass is 10.0. The highest BCUT2D eigenvalue weighted by Crippen LogP contribution is 2.16. The first-order valence-electron chi connectivity index (χ1n) is 5.36. The topological polar surface area (TPSA) is 71.4 Å². The lowest BCUT2D eigenvalue weighted by Crippen LogP contribution is -2.04. The van der Waals surface area contributed by atoms with E-state index in [-0.39, 0.29) is 16.0 Å². The molecule has 0 fully saturated rings. The molecule has 0 saturated heterocycles. The van der Waals surface area contributed by atoms with Crippen molar-refractivity contribution in [1.29, 1.82) is 0 Å². The second-order valence-corrected chi connectivity index (χ2v) is 5.41. The highest BCUT2D eigenvalue weighted by atomic mass is 32.2. The third-order valence-electron chi connectivity index (χ3n) is 2.54. The van der Waals surface area contributed by atoms with Crippen LogP contribution in [0.2, 0.25) is 0 Å². The Morgan fingerprint density at radius 3 is 1.85 bits per heavy atom. The SMILES string of the molecule is O=C(c1ccc(S(=O)(=O)O)cc1)c1cc(F)cc(F)c1. The van der Waals surface area contributed by atoms with E-state index in [2.05, 4.69) is 0 Å². The molecule has 104 valence electrons. The number of carbonyl (C=O) groups excluding carboxylic acids is 1. The van der Waals surface area contributed by atoms with Gasteiger partial charge in [-0.2, -0.15) is 8.42 Å². The van der Waals surface area contributed by atoms with Gasteiger partial charge in [-0.3, -0.25) is 9.35 Å². The van der Waals surface area contributed by atoms with Gasteiger partial charge in [-0.1, -0.05) is 0 Å². The molecule has 0 unspecified atom stereocenters. The Balaban J connectivity index is 2.39. The van der Waals surface area contributed by atoms with Crippen LogP contribution in [0.1, 0.15) is 15.9 Å². The molecule has 2 aromatic carbocycles. The van der Waals surface area contributed by atoms with Gasteiger partial charge in [-0.15, -0.1) is 0 Å². The molecule has 0 aliphatic heterocycles. The first-order valence-corrected chi connectivity index (χ1v) is 6.80. The van der Waals surface area contributed by atoms with Gasteiger partial charge in [0.25, 0.3) is 10.1 Å². The van der Waals surface area contributed by atoms with Crippen molar-refractivity contribution in [2.75, 3.05) is 0 Å². The molecule has 20 heavy (non-hydrogen) atoms. The molecule has 0 atom stereocenters. The van der Waals surface area contributed by atoms with Crippen molar-refractivity contribution in [2.45, 2.75) is 4.90 Å². The van der Waals surface area contributed by atoms with Crippen LogP contribution in [0.3, 0.4) is 0 Å². The van der Waals surface area contributed by atoms with Crippen molar-refractivity contribution < 1.29 is 26.5 Å². The van der Waals surface area contributed by atoms with Crippen LogP contribution >= 0.6 is 0 Å². The van der Waals surface area contributed by atoms with Gasteiger partial charge in [-0.25, -0.2) is 8.78 Å². The summed E-state index contributed by atoms with van der Waals surface area (Å²) in [4.78, 5) is 11.6. The first kappa shape index (κ1) is 14.3. The minimum atomic E-state index is -4.35. The van der Waals surface area contributed by atoms with Gasteiger partial charge >= 0.3 is 0 Å². The number of ketones is 1. The molecule has 0 radical (unpaired) electrons. The molecule has 0 heterocycles. The van der Waals surface area contributed by atoms with E-state index in [1.165, 1.54) is 0 Å². The molecule has 0 aromatic heterocycles. The van der Waals surface area contributed by atoms with Crippen LogP contribution in [0.25, 0.3) is 0 Å². The molecule has 2 rings (SSSR count). The van der Waals surface area contributed by atoms with E-state index < -0.39 is 27.5 Å². The van der Waals surface area contributed by atoms with Crippen molar-refractivity contribution in [2.24, 2.45) is 0 Å². The quantitative estimate of drug-likeness (QED) is 0.698.